The van der Waals surface area contributed by atoms with E-state index in [9.17, 15) is 4.79 Å². The molecule has 2 heterocycles. The molecule has 1 fully saturated rings. The first-order valence-corrected chi connectivity index (χ1v) is 8.73. The fourth-order valence-electron chi connectivity index (χ4n) is 2.49. The van der Waals surface area contributed by atoms with E-state index in [1.54, 1.807) is 0 Å². The number of ether oxygens (including phenoxy) is 1. The fourth-order valence-corrected chi connectivity index (χ4v) is 3.52. The normalized spacial score (nSPS) is 19.2. The number of aromatic nitrogens is 1. The lowest BCUT2D eigenvalue weighted by Gasteiger charge is -2.33. The Bertz CT molecular complexity index is 513. The Hall–Kier alpha value is -0.980. The van der Waals surface area contributed by atoms with Gasteiger partial charge in [0.05, 0.1) is 23.4 Å². The molecule has 0 saturated carbocycles. The summed E-state index contributed by atoms with van der Waals surface area (Å²) in [5.74, 6) is 0.475. The summed E-state index contributed by atoms with van der Waals surface area (Å²) in [6.45, 7) is 9.10. The van der Waals surface area contributed by atoms with Crippen LogP contribution in [0.5, 0.6) is 0 Å². The van der Waals surface area contributed by atoms with Gasteiger partial charge < -0.3 is 14.5 Å². The van der Waals surface area contributed by atoms with Crippen molar-refractivity contribution in [2.75, 3.05) is 40.3 Å². The molecule has 1 aromatic heterocycles. The summed E-state index contributed by atoms with van der Waals surface area (Å²) in [6.07, 6.45) is 1.09. The zero-order valence-corrected chi connectivity index (χ0v) is 15.1. The molecule has 1 aromatic rings. The summed E-state index contributed by atoms with van der Waals surface area (Å²) in [5, 5.41) is 1.04. The average molecular weight is 325 g/mol. The third-order valence-corrected chi connectivity index (χ3v) is 5.27. The number of rotatable bonds is 5. The van der Waals surface area contributed by atoms with Gasteiger partial charge in [0.15, 0.2) is 0 Å². The van der Waals surface area contributed by atoms with E-state index >= 15 is 0 Å². The molecule has 0 aliphatic carbocycles. The van der Waals surface area contributed by atoms with E-state index in [0.29, 0.717) is 25.6 Å². The molecule has 0 unspecified atom stereocenters. The Morgan fingerprint density at radius 2 is 2.23 bits per heavy atom. The number of morpholine rings is 1. The Kier molecular flexibility index (Phi) is 5.94. The second kappa shape index (κ2) is 7.53. The van der Waals surface area contributed by atoms with Crippen LogP contribution in [0.4, 0.5) is 0 Å². The Morgan fingerprint density at radius 1 is 1.50 bits per heavy atom. The highest BCUT2D eigenvalue weighted by Gasteiger charge is 2.27. The summed E-state index contributed by atoms with van der Waals surface area (Å²) >= 11 is 1.54. The monoisotopic (exact) mass is 325 g/mol. The molecule has 0 N–H and O–H groups in total. The number of nitrogens with zero attached hydrogens (tertiary/aromatic N) is 3. The topological polar surface area (TPSA) is 45.7 Å². The summed E-state index contributed by atoms with van der Waals surface area (Å²) in [4.78, 5) is 22.2. The van der Waals surface area contributed by atoms with E-state index in [2.05, 4.69) is 37.8 Å². The molecule has 1 atom stereocenters. The maximum atomic E-state index is 12.8. The van der Waals surface area contributed by atoms with Gasteiger partial charge in [-0.1, -0.05) is 13.8 Å². The van der Waals surface area contributed by atoms with Crippen molar-refractivity contribution in [3.63, 3.8) is 0 Å². The lowest BCUT2D eigenvalue weighted by atomic mass is 10.2. The summed E-state index contributed by atoms with van der Waals surface area (Å²) < 4.78 is 5.79. The van der Waals surface area contributed by atoms with Gasteiger partial charge in [-0.2, -0.15) is 0 Å². The van der Waals surface area contributed by atoms with E-state index in [0.717, 1.165) is 28.5 Å². The standard InChI is InChI=1S/C16H27N3O2S/c1-11(2)15-17-12(3)14(22-15)16(20)19-8-9-21-13(10-19)6-7-18(4)5/h11,13H,6-10H2,1-5H3/t13-/m1/s1. The highest BCUT2D eigenvalue weighted by molar-refractivity contribution is 7.13. The number of aryl methyl sites for hydroxylation is 1. The van der Waals surface area contributed by atoms with Gasteiger partial charge in [0.2, 0.25) is 0 Å². The molecule has 22 heavy (non-hydrogen) atoms. The molecule has 124 valence electrons. The molecule has 0 radical (unpaired) electrons. The second-order valence-corrected chi connectivity index (χ2v) is 7.49. The van der Waals surface area contributed by atoms with Gasteiger partial charge in [0.25, 0.3) is 5.91 Å². The van der Waals surface area contributed by atoms with Crippen LogP contribution in [0, 0.1) is 6.92 Å². The molecule has 1 aliphatic heterocycles. The van der Waals surface area contributed by atoms with Crippen LogP contribution < -0.4 is 0 Å². The predicted molar refractivity (Wildman–Crippen MR) is 89.8 cm³/mol. The Morgan fingerprint density at radius 3 is 2.82 bits per heavy atom. The van der Waals surface area contributed by atoms with Crippen molar-refractivity contribution in [1.29, 1.82) is 0 Å². The third kappa shape index (κ3) is 4.27. The molecule has 0 bridgehead atoms. The van der Waals surface area contributed by atoms with Crippen LogP contribution in [0.15, 0.2) is 0 Å². The van der Waals surface area contributed by atoms with Gasteiger partial charge in [-0.25, -0.2) is 4.98 Å². The smallest absolute Gasteiger partial charge is 0.266 e. The fraction of sp³-hybridized carbons (Fsp3) is 0.750. The minimum absolute atomic E-state index is 0.111. The van der Waals surface area contributed by atoms with Gasteiger partial charge in [-0.3, -0.25) is 4.79 Å². The van der Waals surface area contributed by atoms with Gasteiger partial charge in [0, 0.05) is 25.6 Å². The number of thiazole rings is 1. The van der Waals surface area contributed by atoms with Crippen molar-refractivity contribution in [3.05, 3.63) is 15.6 Å². The van der Waals surface area contributed by atoms with Crippen LogP contribution in [-0.4, -0.2) is 67.1 Å². The second-order valence-electron chi connectivity index (χ2n) is 6.46. The summed E-state index contributed by atoms with van der Waals surface area (Å²) in [5.41, 5.74) is 0.857. The van der Waals surface area contributed by atoms with Gasteiger partial charge in [-0.15, -0.1) is 11.3 Å². The first-order valence-electron chi connectivity index (χ1n) is 7.91. The first-order chi connectivity index (χ1) is 10.4. The summed E-state index contributed by atoms with van der Waals surface area (Å²) in [6, 6.07) is 0. The number of hydrogen-bond acceptors (Lipinski definition) is 5. The zero-order chi connectivity index (χ0) is 16.3. The van der Waals surface area contributed by atoms with Crippen molar-refractivity contribution in [2.45, 2.75) is 39.2 Å². The molecule has 1 saturated heterocycles. The molecule has 5 nitrogen and oxygen atoms in total. The largest absolute Gasteiger partial charge is 0.374 e. The number of carbonyl (C=O) groups is 1. The lowest BCUT2D eigenvalue weighted by molar-refractivity contribution is -0.0268. The molecule has 1 aliphatic rings. The van der Waals surface area contributed by atoms with Crippen molar-refractivity contribution in [3.8, 4) is 0 Å². The van der Waals surface area contributed by atoms with Gasteiger partial charge in [0.1, 0.15) is 4.88 Å². The maximum Gasteiger partial charge on any atom is 0.266 e. The van der Waals surface area contributed by atoms with E-state index < -0.39 is 0 Å². The predicted octanol–water partition coefficient (Wildman–Crippen LogP) is 2.37. The van der Waals surface area contributed by atoms with E-state index in [4.69, 9.17) is 4.74 Å². The van der Waals surface area contributed by atoms with Crippen LogP contribution in [0.25, 0.3) is 0 Å². The average Bonchev–Trinajstić information content (AvgIpc) is 2.87. The van der Waals surface area contributed by atoms with E-state index in [1.165, 1.54) is 11.3 Å². The highest BCUT2D eigenvalue weighted by atomic mass is 32.1. The van der Waals surface area contributed by atoms with Crippen LogP contribution in [-0.2, 0) is 4.74 Å². The lowest BCUT2D eigenvalue weighted by Crippen LogP contribution is -2.46. The maximum absolute atomic E-state index is 12.8. The number of carbonyl (C=O) groups excluding carboxylic acids is 1. The van der Waals surface area contributed by atoms with Crippen LogP contribution >= 0.6 is 11.3 Å². The van der Waals surface area contributed by atoms with Crippen molar-refractivity contribution in [1.82, 2.24) is 14.8 Å². The van der Waals surface area contributed by atoms with Gasteiger partial charge in [-0.05, 0) is 27.4 Å². The summed E-state index contributed by atoms with van der Waals surface area (Å²) in [7, 11) is 4.11. The molecule has 0 spiro atoms. The first kappa shape index (κ1) is 17.4. The zero-order valence-electron chi connectivity index (χ0n) is 14.3. The molecule has 2 rings (SSSR count). The molecule has 6 heteroatoms. The molecule has 0 aromatic carbocycles. The minimum atomic E-state index is 0.111. The van der Waals surface area contributed by atoms with Gasteiger partial charge >= 0.3 is 0 Å². The number of hydrogen-bond donors (Lipinski definition) is 0. The minimum Gasteiger partial charge on any atom is -0.374 e. The number of amides is 1. The van der Waals surface area contributed by atoms with E-state index in [1.807, 2.05) is 11.8 Å². The Labute approximate surface area is 137 Å². The van der Waals surface area contributed by atoms with Crippen molar-refractivity contribution in [2.24, 2.45) is 0 Å². The molecular formula is C16H27N3O2S. The SMILES string of the molecule is Cc1nc(C(C)C)sc1C(=O)N1CCO[C@H](CCN(C)C)C1. The molecule has 1 amide bonds. The van der Waals surface area contributed by atoms with E-state index in [-0.39, 0.29) is 12.0 Å². The molecular weight excluding hydrogens is 298 g/mol. The van der Waals surface area contributed by atoms with Crippen molar-refractivity contribution < 1.29 is 9.53 Å². The third-order valence-electron chi connectivity index (χ3n) is 3.83. The quantitative estimate of drug-likeness (QED) is 0.834. The van der Waals surface area contributed by atoms with Crippen LogP contribution in [0.1, 0.15) is 46.6 Å². The van der Waals surface area contributed by atoms with Crippen LogP contribution in [0.3, 0.4) is 0 Å². The van der Waals surface area contributed by atoms with Crippen molar-refractivity contribution >= 4 is 17.2 Å². The van der Waals surface area contributed by atoms with Crippen LogP contribution in [0.2, 0.25) is 0 Å². The highest BCUT2D eigenvalue weighted by Crippen LogP contribution is 2.26. The Balaban J connectivity index is 2.02.